The normalized spacial score (nSPS) is 13.0. The van der Waals surface area contributed by atoms with Crippen LogP contribution in [0, 0.1) is 12.8 Å². The molecular formula is C16H18N4. The Morgan fingerprint density at radius 1 is 1.00 bits per heavy atom. The van der Waals surface area contributed by atoms with Gasteiger partial charge >= 0.3 is 0 Å². The van der Waals surface area contributed by atoms with Crippen LogP contribution in [-0.4, -0.2) is 20.2 Å². The summed E-state index contributed by atoms with van der Waals surface area (Å²) in [7, 11) is 0. The number of rotatable bonds is 3. The Balaban J connectivity index is 2.10. The average molecular weight is 266 g/mol. The van der Waals surface area contributed by atoms with Crippen LogP contribution in [0.3, 0.4) is 0 Å². The van der Waals surface area contributed by atoms with Gasteiger partial charge in [0.1, 0.15) is 6.04 Å². The molecular weight excluding hydrogens is 248 g/mol. The summed E-state index contributed by atoms with van der Waals surface area (Å²) < 4.78 is 0. The molecule has 1 unspecified atom stereocenters. The zero-order valence-electron chi connectivity index (χ0n) is 12.0. The first-order chi connectivity index (χ1) is 9.65. The third-order valence-corrected chi connectivity index (χ3v) is 3.61. The van der Waals surface area contributed by atoms with Crippen LogP contribution in [0.1, 0.15) is 31.0 Å². The van der Waals surface area contributed by atoms with Crippen LogP contribution in [0.15, 0.2) is 42.7 Å². The summed E-state index contributed by atoms with van der Waals surface area (Å²) in [5, 5.41) is 14.6. The van der Waals surface area contributed by atoms with E-state index in [0.29, 0.717) is 5.92 Å². The van der Waals surface area contributed by atoms with E-state index in [1.807, 2.05) is 0 Å². The number of hydrogen-bond acceptors (Lipinski definition) is 3. The summed E-state index contributed by atoms with van der Waals surface area (Å²) in [5.41, 5.74) is 2.50. The molecule has 0 aliphatic heterocycles. The maximum atomic E-state index is 4.20. The minimum absolute atomic E-state index is 0.114. The number of aryl methyl sites for hydroxylation is 1. The zero-order chi connectivity index (χ0) is 14.1. The smallest absolute Gasteiger partial charge is 0.157 e. The van der Waals surface area contributed by atoms with E-state index in [1.54, 1.807) is 4.80 Å². The lowest BCUT2D eigenvalue weighted by Gasteiger charge is -2.20. The molecule has 0 saturated heterocycles. The SMILES string of the molecule is Cc1ccc2cc(C(C(C)C)n3ncnn3)ccc2c1. The molecule has 0 aliphatic rings. The van der Waals surface area contributed by atoms with Crippen molar-refractivity contribution in [2.24, 2.45) is 5.92 Å². The average Bonchev–Trinajstić information content (AvgIpc) is 2.92. The number of fused-ring (bicyclic) bond motifs is 1. The first-order valence-corrected chi connectivity index (χ1v) is 6.88. The summed E-state index contributed by atoms with van der Waals surface area (Å²) in [6.07, 6.45) is 1.49. The predicted molar refractivity (Wildman–Crippen MR) is 79.5 cm³/mol. The Bertz CT molecular complexity index is 716. The van der Waals surface area contributed by atoms with Crippen LogP contribution in [0.4, 0.5) is 0 Å². The van der Waals surface area contributed by atoms with Gasteiger partial charge in [0.05, 0.1) is 0 Å². The van der Waals surface area contributed by atoms with Gasteiger partial charge in [0, 0.05) is 0 Å². The summed E-state index contributed by atoms with van der Waals surface area (Å²) in [5.74, 6) is 0.395. The molecule has 1 heterocycles. The van der Waals surface area contributed by atoms with Gasteiger partial charge in [-0.1, -0.05) is 49.7 Å². The van der Waals surface area contributed by atoms with Crippen LogP contribution in [-0.2, 0) is 0 Å². The second-order valence-corrected chi connectivity index (χ2v) is 5.56. The molecule has 0 bridgehead atoms. The van der Waals surface area contributed by atoms with E-state index >= 15 is 0 Å². The summed E-state index contributed by atoms with van der Waals surface area (Å²) in [6, 6.07) is 13.2. The molecule has 0 saturated carbocycles. The molecule has 1 aromatic heterocycles. The van der Waals surface area contributed by atoms with E-state index in [2.05, 4.69) is 72.6 Å². The van der Waals surface area contributed by atoms with Crippen LogP contribution >= 0.6 is 0 Å². The molecule has 0 radical (unpaired) electrons. The molecule has 4 heteroatoms. The third kappa shape index (κ3) is 2.29. The highest BCUT2D eigenvalue weighted by Gasteiger charge is 2.20. The second kappa shape index (κ2) is 5.04. The van der Waals surface area contributed by atoms with Crippen LogP contribution < -0.4 is 0 Å². The van der Waals surface area contributed by atoms with Gasteiger partial charge in [0.15, 0.2) is 6.33 Å². The molecule has 0 fully saturated rings. The first-order valence-electron chi connectivity index (χ1n) is 6.88. The van der Waals surface area contributed by atoms with Gasteiger partial charge in [0.2, 0.25) is 0 Å². The third-order valence-electron chi connectivity index (χ3n) is 3.61. The van der Waals surface area contributed by atoms with Crippen molar-refractivity contribution in [1.82, 2.24) is 20.2 Å². The second-order valence-electron chi connectivity index (χ2n) is 5.56. The number of nitrogens with zero attached hydrogens (tertiary/aromatic N) is 4. The van der Waals surface area contributed by atoms with Gasteiger partial charge in [-0.2, -0.15) is 4.80 Å². The van der Waals surface area contributed by atoms with Gasteiger partial charge in [-0.3, -0.25) is 0 Å². The Hall–Kier alpha value is -2.23. The lowest BCUT2D eigenvalue weighted by molar-refractivity contribution is 0.358. The van der Waals surface area contributed by atoms with Gasteiger partial charge in [-0.25, -0.2) is 0 Å². The van der Waals surface area contributed by atoms with E-state index < -0.39 is 0 Å². The Labute approximate surface area is 118 Å². The van der Waals surface area contributed by atoms with Crippen LogP contribution in [0.5, 0.6) is 0 Å². The molecule has 0 aliphatic carbocycles. The molecule has 2 aromatic carbocycles. The fourth-order valence-electron chi connectivity index (χ4n) is 2.66. The molecule has 0 amide bonds. The molecule has 3 aromatic rings. The van der Waals surface area contributed by atoms with Crippen LogP contribution in [0.25, 0.3) is 10.8 Å². The van der Waals surface area contributed by atoms with E-state index in [9.17, 15) is 0 Å². The summed E-state index contributed by atoms with van der Waals surface area (Å²) >= 11 is 0. The lowest BCUT2D eigenvalue weighted by atomic mass is 9.94. The highest BCUT2D eigenvalue weighted by Crippen LogP contribution is 2.28. The van der Waals surface area contributed by atoms with Crippen molar-refractivity contribution in [2.75, 3.05) is 0 Å². The fourth-order valence-corrected chi connectivity index (χ4v) is 2.66. The summed E-state index contributed by atoms with van der Waals surface area (Å²) in [4.78, 5) is 1.69. The zero-order valence-corrected chi connectivity index (χ0v) is 12.0. The van der Waals surface area contributed by atoms with Crippen molar-refractivity contribution < 1.29 is 0 Å². The number of tetrazole rings is 1. The van der Waals surface area contributed by atoms with Gasteiger partial charge in [-0.15, -0.1) is 10.2 Å². The molecule has 3 rings (SSSR count). The van der Waals surface area contributed by atoms with Crippen molar-refractivity contribution in [3.63, 3.8) is 0 Å². The van der Waals surface area contributed by atoms with E-state index in [0.717, 1.165) is 0 Å². The molecule has 4 nitrogen and oxygen atoms in total. The largest absolute Gasteiger partial charge is 0.162 e. The highest BCUT2D eigenvalue weighted by atomic mass is 15.6. The first kappa shape index (κ1) is 12.8. The van der Waals surface area contributed by atoms with Crippen molar-refractivity contribution in [3.8, 4) is 0 Å². The highest BCUT2D eigenvalue weighted by molar-refractivity contribution is 5.83. The summed E-state index contributed by atoms with van der Waals surface area (Å²) in [6.45, 7) is 6.46. The predicted octanol–water partition coefficient (Wildman–Crippen LogP) is 3.38. The quantitative estimate of drug-likeness (QED) is 0.730. The number of aromatic nitrogens is 4. The molecule has 0 N–H and O–H groups in total. The van der Waals surface area contributed by atoms with Gasteiger partial charge < -0.3 is 0 Å². The molecule has 102 valence electrons. The monoisotopic (exact) mass is 266 g/mol. The Kier molecular flexibility index (Phi) is 3.22. The maximum Gasteiger partial charge on any atom is 0.162 e. The lowest BCUT2D eigenvalue weighted by Crippen LogP contribution is -2.19. The van der Waals surface area contributed by atoms with E-state index in [1.165, 1.54) is 28.2 Å². The Morgan fingerprint density at radius 2 is 1.75 bits per heavy atom. The molecule has 1 atom stereocenters. The van der Waals surface area contributed by atoms with Crippen molar-refractivity contribution >= 4 is 10.8 Å². The number of hydrogen-bond donors (Lipinski definition) is 0. The van der Waals surface area contributed by atoms with Crippen molar-refractivity contribution in [1.29, 1.82) is 0 Å². The minimum Gasteiger partial charge on any atom is -0.157 e. The minimum atomic E-state index is 0.114. The fraction of sp³-hybridized carbons (Fsp3) is 0.312. The van der Waals surface area contributed by atoms with Gasteiger partial charge in [0.25, 0.3) is 0 Å². The van der Waals surface area contributed by atoms with E-state index in [4.69, 9.17) is 0 Å². The molecule has 20 heavy (non-hydrogen) atoms. The maximum absolute atomic E-state index is 4.20. The van der Waals surface area contributed by atoms with Crippen molar-refractivity contribution in [2.45, 2.75) is 26.8 Å². The van der Waals surface area contributed by atoms with Crippen LogP contribution in [0.2, 0.25) is 0 Å². The standard InChI is InChI=1S/C16H18N4/c1-11(2)16(20-18-10-17-19-20)15-7-6-13-8-12(3)4-5-14(13)9-15/h4-11,16H,1-3H3. The number of benzene rings is 2. The Morgan fingerprint density at radius 3 is 2.45 bits per heavy atom. The van der Waals surface area contributed by atoms with E-state index in [-0.39, 0.29) is 6.04 Å². The van der Waals surface area contributed by atoms with Gasteiger partial charge in [-0.05, 0) is 40.5 Å². The molecule has 0 spiro atoms. The topological polar surface area (TPSA) is 43.6 Å². The van der Waals surface area contributed by atoms with Crippen molar-refractivity contribution in [3.05, 3.63) is 53.9 Å².